The van der Waals surface area contributed by atoms with Crippen LogP contribution in [0.25, 0.3) is 16.7 Å². The Kier molecular flexibility index (Phi) is 5.69. The third-order valence-electron chi connectivity index (χ3n) is 5.56. The highest BCUT2D eigenvalue weighted by molar-refractivity contribution is 5.91. The number of anilines is 1. The SMILES string of the molecule is Cc1ccc(NC(=O)Cn2nc3n(CCC(C)C)c(=O)c4ccccc4n3c2=O)c(C)c1. The second-order valence-corrected chi connectivity index (χ2v) is 8.60. The second-order valence-electron chi connectivity index (χ2n) is 8.60. The van der Waals surface area contributed by atoms with Crippen molar-refractivity contribution in [3.8, 4) is 0 Å². The lowest BCUT2D eigenvalue weighted by Crippen LogP contribution is -2.29. The maximum atomic E-state index is 13.2. The van der Waals surface area contributed by atoms with Crippen LogP contribution >= 0.6 is 0 Å². The molecule has 0 unspecified atom stereocenters. The van der Waals surface area contributed by atoms with Crippen LogP contribution in [0.4, 0.5) is 5.69 Å². The lowest BCUT2D eigenvalue weighted by Gasteiger charge is -2.10. The highest BCUT2D eigenvalue weighted by Crippen LogP contribution is 2.16. The summed E-state index contributed by atoms with van der Waals surface area (Å²) >= 11 is 0. The van der Waals surface area contributed by atoms with Crippen molar-refractivity contribution in [2.75, 3.05) is 5.32 Å². The van der Waals surface area contributed by atoms with Crippen LogP contribution in [-0.4, -0.2) is 24.7 Å². The number of carbonyl (C=O) groups excluding carboxylic acids is 1. The average Bonchev–Trinajstić information content (AvgIpc) is 3.06. The lowest BCUT2D eigenvalue weighted by molar-refractivity contribution is -0.117. The molecule has 0 radical (unpaired) electrons. The molecule has 0 fully saturated rings. The van der Waals surface area contributed by atoms with E-state index in [-0.39, 0.29) is 23.8 Å². The smallest absolute Gasteiger partial charge is 0.324 e. The number of hydrogen-bond donors (Lipinski definition) is 1. The summed E-state index contributed by atoms with van der Waals surface area (Å²) in [5.74, 6) is 0.271. The quantitative estimate of drug-likeness (QED) is 0.506. The Morgan fingerprint density at radius 1 is 1.09 bits per heavy atom. The van der Waals surface area contributed by atoms with E-state index in [4.69, 9.17) is 0 Å². The maximum absolute atomic E-state index is 13.2. The number of nitrogens with one attached hydrogen (secondary N) is 1. The van der Waals surface area contributed by atoms with Crippen molar-refractivity contribution in [3.05, 3.63) is 74.4 Å². The minimum atomic E-state index is -0.453. The minimum Gasteiger partial charge on any atom is -0.324 e. The molecule has 0 saturated heterocycles. The zero-order chi connectivity index (χ0) is 23.0. The van der Waals surface area contributed by atoms with Gasteiger partial charge in [-0.3, -0.25) is 14.2 Å². The summed E-state index contributed by atoms with van der Waals surface area (Å²) in [6.45, 7) is 8.24. The van der Waals surface area contributed by atoms with E-state index in [0.29, 0.717) is 29.1 Å². The van der Waals surface area contributed by atoms with E-state index in [0.717, 1.165) is 22.2 Å². The molecule has 1 amide bonds. The standard InChI is InChI=1S/C24H27N5O3/c1-15(2)11-12-27-22(31)18-7-5-6-8-20(18)29-23(27)26-28(24(29)32)14-21(30)25-19-10-9-16(3)13-17(19)4/h5-10,13,15H,11-12,14H2,1-4H3,(H,25,30). The molecule has 166 valence electrons. The first-order chi connectivity index (χ1) is 15.3. The van der Waals surface area contributed by atoms with Crippen LogP contribution in [0, 0.1) is 19.8 Å². The Bertz CT molecular complexity index is 1440. The normalized spacial score (nSPS) is 11.5. The third kappa shape index (κ3) is 3.95. The summed E-state index contributed by atoms with van der Waals surface area (Å²) in [7, 11) is 0. The van der Waals surface area contributed by atoms with Crippen molar-refractivity contribution in [2.24, 2.45) is 5.92 Å². The molecular weight excluding hydrogens is 406 g/mol. The van der Waals surface area contributed by atoms with E-state index in [2.05, 4.69) is 24.3 Å². The van der Waals surface area contributed by atoms with Crippen molar-refractivity contribution in [1.82, 2.24) is 18.7 Å². The maximum Gasteiger partial charge on any atom is 0.352 e. The van der Waals surface area contributed by atoms with Crippen LogP contribution in [0.1, 0.15) is 31.4 Å². The Morgan fingerprint density at radius 3 is 2.56 bits per heavy atom. The zero-order valence-electron chi connectivity index (χ0n) is 18.8. The van der Waals surface area contributed by atoms with Crippen LogP contribution in [0.2, 0.25) is 0 Å². The molecule has 1 N–H and O–H groups in total. The predicted molar refractivity (Wildman–Crippen MR) is 125 cm³/mol. The number of fused-ring (bicyclic) bond motifs is 3. The van der Waals surface area contributed by atoms with Gasteiger partial charge >= 0.3 is 5.69 Å². The lowest BCUT2D eigenvalue weighted by atomic mass is 10.1. The fourth-order valence-electron chi connectivity index (χ4n) is 3.84. The first kappa shape index (κ1) is 21.5. The fraction of sp³-hybridized carbons (Fsp3) is 0.333. The number of aromatic nitrogens is 4. The Hall–Kier alpha value is -3.68. The van der Waals surface area contributed by atoms with Gasteiger partial charge in [-0.2, -0.15) is 0 Å². The van der Waals surface area contributed by atoms with Crippen LogP contribution in [-0.2, 0) is 17.9 Å². The molecule has 32 heavy (non-hydrogen) atoms. The first-order valence-electron chi connectivity index (χ1n) is 10.7. The van der Waals surface area contributed by atoms with E-state index in [1.165, 1.54) is 8.97 Å². The summed E-state index contributed by atoms with van der Waals surface area (Å²) in [4.78, 5) is 39.0. The minimum absolute atomic E-state index is 0.189. The Morgan fingerprint density at radius 2 is 1.84 bits per heavy atom. The molecule has 2 heterocycles. The van der Waals surface area contributed by atoms with E-state index in [1.54, 1.807) is 24.3 Å². The zero-order valence-corrected chi connectivity index (χ0v) is 18.8. The average molecular weight is 434 g/mol. The van der Waals surface area contributed by atoms with Gasteiger partial charge in [0.25, 0.3) is 5.56 Å². The highest BCUT2D eigenvalue weighted by atomic mass is 16.2. The van der Waals surface area contributed by atoms with Gasteiger partial charge in [0.2, 0.25) is 11.7 Å². The number of para-hydroxylation sites is 1. The number of carbonyl (C=O) groups is 1. The number of amides is 1. The van der Waals surface area contributed by atoms with Gasteiger partial charge < -0.3 is 5.32 Å². The number of aryl methyl sites for hydroxylation is 3. The van der Waals surface area contributed by atoms with Crippen LogP contribution < -0.4 is 16.6 Å². The summed E-state index contributed by atoms with van der Waals surface area (Å²) in [6.07, 6.45) is 0.766. The summed E-state index contributed by atoms with van der Waals surface area (Å²) in [5, 5.41) is 7.68. The van der Waals surface area contributed by atoms with Gasteiger partial charge in [0.15, 0.2) is 0 Å². The molecule has 8 heteroatoms. The number of rotatable bonds is 6. The molecule has 2 aromatic carbocycles. The van der Waals surface area contributed by atoms with E-state index in [1.807, 2.05) is 32.0 Å². The molecule has 0 aliphatic carbocycles. The van der Waals surface area contributed by atoms with Gasteiger partial charge in [-0.25, -0.2) is 13.9 Å². The van der Waals surface area contributed by atoms with Crippen molar-refractivity contribution < 1.29 is 4.79 Å². The van der Waals surface area contributed by atoms with Gasteiger partial charge in [-0.05, 0) is 49.9 Å². The van der Waals surface area contributed by atoms with Gasteiger partial charge in [0.05, 0.1) is 10.9 Å². The third-order valence-corrected chi connectivity index (χ3v) is 5.56. The Labute approximate surface area is 185 Å². The number of benzene rings is 2. The van der Waals surface area contributed by atoms with Crippen LogP contribution in [0.15, 0.2) is 52.1 Å². The van der Waals surface area contributed by atoms with Gasteiger partial charge in [-0.15, -0.1) is 5.10 Å². The molecule has 2 aromatic heterocycles. The fourth-order valence-corrected chi connectivity index (χ4v) is 3.84. The molecule has 4 aromatic rings. The molecule has 4 rings (SSSR count). The molecule has 0 bridgehead atoms. The number of hydrogen-bond acceptors (Lipinski definition) is 4. The highest BCUT2D eigenvalue weighted by Gasteiger charge is 2.19. The van der Waals surface area contributed by atoms with Crippen molar-refractivity contribution in [3.63, 3.8) is 0 Å². The predicted octanol–water partition coefficient (Wildman–Crippen LogP) is 3.11. The molecular formula is C24H27N5O3. The summed E-state index contributed by atoms with van der Waals surface area (Å²) in [5.41, 5.74) is 2.57. The Balaban J connectivity index is 1.77. The molecule has 0 saturated carbocycles. The van der Waals surface area contributed by atoms with Crippen molar-refractivity contribution in [1.29, 1.82) is 0 Å². The van der Waals surface area contributed by atoms with Gasteiger partial charge in [0, 0.05) is 12.2 Å². The summed E-state index contributed by atoms with van der Waals surface area (Å²) < 4.78 is 4.07. The molecule has 0 spiro atoms. The van der Waals surface area contributed by atoms with E-state index < -0.39 is 5.69 Å². The van der Waals surface area contributed by atoms with Crippen molar-refractivity contribution >= 4 is 28.3 Å². The molecule has 0 aliphatic rings. The van der Waals surface area contributed by atoms with Crippen LogP contribution in [0.5, 0.6) is 0 Å². The van der Waals surface area contributed by atoms with E-state index in [9.17, 15) is 14.4 Å². The second kappa shape index (κ2) is 8.45. The first-order valence-corrected chi connectivity index (χ1v) is 10.7. The largest absolute Gasteiger partial charge is 0.352 e. The molecule has 8 nitrogen and oxygen atoms in total. The number of nitrogens with zero attached hydrogens (tertiary/aromatic N) is 4. The van der Waals surface area contributed by atoms with E-state index >= 15 is 0 Å². The molecule has 0 aliphatic heterocycles. The monoisotopic (exact) mass is 433 g/mol. The van der Waals surface area contributed by atoms with Crippen LogP contribution in [0.3, 0.4) is 0 Å². The topological polar surface area (TPSA) is 90.4 Å². The molecule has 0 atom stereocenters. The van der Waals surface area contributed by atoms with Gasteiger partial charge in [-0.1, -0.05) is 43.7 Å². The summed E-state index contributed by atoms with van der Waals surface area (Å²) in [6, 6.07) is 12.7. The van der Waals surface area contributed by atoms with Crippen molar-refractivity contribution in [2.45, 2.75) is 47.2 Å². The van der Waals surface area contributed by atoms with Gasteiger partial charge in [0.1, 0.15) is 6.54 Å².